The van der Waals surface area contributed by atoms with Crippen molar-refractivity contribution in [3.63, 3.8) is 0 Å². The van der Waals surface area contributed by atoms with Crippen LogP contribution in [0.2, 0.25) is 0 Å². The molecule has 1 atom stereocenters. The molecule has 1 nitrogen and oxygen atoms in total. The molecule has 1 unspecified atom stereocenters. The van der Waals surface area contributed by atoms with Gasteiger partial charge in [-0.2, -0.15) is 0 Å². The van der Waals surface area contributed by atoms with Gasteiger partial charge < -0.3 is 5.32 Å². The van der Waals surface area contributed by atoms with Crippen molar-refractivity contribution in [3.8, 4) is 0 Å². The van der Waals surface area contributed by atoms with Gasteiger partial charge in [0.05, 0.1) is 0 Å². The first-order valence-corrected chi connectivity index (χ1v) is 8.56. The first-order valence-electron chi connectivity index (χ1n) is 8.56. The average molecular weight is 277 g/mol. The van der Waals surface area contributed by atoms with E-state index in [0.29, 0.717) is 5.92 Å². The van der Waals surface area contributed by atoms with E-state index in [-0.39, 0.29) is 2.85 Å². The van der Waals surface area contributed by atoms with Crippen LogP contribution in [0.25, 0.3) is 0 Å². The normalized spacial score (nSPS) is 23.1. The smallest absolute Gasteiger partial charge is 0.00232 e. The Kier molecular flexibility index (Phi) is 6.59. The fraction of sp³-hybridized carbons (Fsp3) is 0.684. The molecule has 0 aromatic heterocycles. The lowest BCUT2D eigenvalue weighted by atomic mass is 9.84. The van der Waals surface area contributed by atoms with E-state index in [1.165, 1.54) is 62.5 Å². The molecule has 2 rings (SSSR count). The minimum Gasteiger partial charge on any atom is -0.316 e. The maximum atomic E-state index is 4.39. The molecule has 1 N–H and O–H groups in total. The molecule has 116 valence electrons. The van der Waals surface area contributed by atoms with E-state index in [1.807, 2.05) is 0 Å². The number of hydrogen-bond donors (Lipinski definition) is 1. The zero-order chi connectivity index (χ0) is 14.2. The van der Waals surface area contributed by atoms with Gasteiger partial charge in [0.2, 0.25) is 0 Å². The molecular formula is C19H35N. The third-order valence-corrected chi connectivity index (χ3v) is 4.83. The molecule has 1 fully saturated rings. The second-order valence-corrected chi connectivity index (χ2v) is 6.48. The highest BCUT2D eigenvalue weighted by atomic mass is 14.9. The van der Waals surface area contributed by atoms with Gasteiger partial charge in [-0.05, 0) is 43.7 Å². The van der Waals surface area contributed by atoms with Crippen LogP contribution in [-0.4, -0.2) is 13.1 Å². The number of nitrogens with one attached hydrogen (secondary N) is 1. The minimum atomic E-state index is 0. The predicted molar refractivity (Wildman–Crippen MR) is 93.1 cm³/mol. The van der Waals surface area contributed by atoms with Crippen molar-refractivity contribution >= 4 is 0 Å². The average Bonchev–Trinajstić information content (AvgIpc) is 2.99. The molecule has 2 aliphatic rings. The molecule has 0 aliphatic heterocycles. The molecule has 0 aromatic rings. The molecule has 0 spiro atoms. The summed E-state index contributed by atoms with van der Waals surface area (Å²) < 4.78 is 0. The fourth-order valence-corrected chi connectivity index (χ4v) is 3.55. The Balaban J connectivity index is 0.00000220. The van der Waals surface area contributed by atoms with Crippen LogP contribution in [0.4, 0.5) is 0 Å². The molecule has 0 radical (unpaired) electrons. The van der Waals surface area contributed by atoms with Crippen LogP contribution in [0.5, 0.6) is 0 Å². The number of hydrogen-bond acceptors (Lipinski definition) is 1. The summed E-state index contributed by atoms with van der Waals surface area (Å²) in [5.74, 6) is 1.62. The van der Waals surface area contributed by atoms with Crippen LogP contribution in [0.3, 0.4) is 0 Å². The molecule has 2 aliphatic carbocycles. The molecule has 0 bridgehead atoms. The summed E-state index contributed by atoms with van der Waals surface area (Å²) in [4.78, 5) is 0. The van der Waals surface area contributed by atoms with E-state index in [9.17, 15) is 0 Å². The monoisotopic (exact) mass is 277 g/mol. The topological polar surface area (TPSA) is 12.0 Å². The summed E-state index contributed by atoms with van der Waals surface area (Å²) in [6.07, 6.45) is 17.6. The Morgan fingerprint density at radius 1 is 1.40 bits per heavy atom. The first-order chi connectivity index (χ1) is 9.81. The van der Waals surface area contributed by atoms with E-state index in [1.54, 1.807) is 0 Å². The van der Waals surface area contributed by atoms with E-state index >= 15 is 0 Å². The molecule has 1 heteroatoms. The Labute approximate surface area is 128 Å². The highest BCUT2D eigenvalue weighted by Crippen LogP contribution is 2.33. The van der Waals surface area contributed by atoms with Crippen molar-refractivity contribution in [2.45, 2.75) is 58.3 Å². The third-order valence-electron chi connectivity index (χ3n) is 4.83. The van der Waals surface area contributed by atoms with Crippen molar-refractivity contribution in [2.75, 3.05) is 13.1 Å². The van der Waals surface area contributed by atoms with Gasteiger partial charge in [-0.15, -0.1) is 0 Å². The maximum Gasteiger partial charge on any atom is 0.00232 e. The molecule has 0 amide bonds. The van der Waals surface area contributed by atoms with Crippen LogP contribution >= 0.6 is 0 Å². The van der Waals surface area contributed by atoms with Crippen LogP contribution in [-0.2, 0) is 0 Å². The van der Waals surface area contributed by atoms with Gasteiger partial charge in [0.1, 0.15) is 0 Å². The zero-order valence-corrected chi connectivity index (χ0v) is 13.2. The molecular weight excluding hydrogens is 242 g/mol. The van der Waals surface area contributed by atoms with Crippen molar-refractivity contribution in [3.05, 3.63) is 36.0 Å². The van der Waals surface area contributed by atoms with Gasteiger partial charge in [0, 0.05) is 15.3 Å². The lowest BCUT2D eigenvalue weighted by Gasteiger charge is -2.24. The second-order valence-electron chi connectivity index (χ2n) is 6.48. The Bertz CT molecular complexity index is 368. The van der Waals surface area contributed by atoms with Gasteiger partial charge in [-0.1, -0.05) is 63.0 Å². The minimum absolute atomic E-state index is 0. The molecule has 0 saturated heterocycles. The summed E-state index contributed by atoms with van der Waals surface area (Å²) in [7, 11) is 0. The van der Waals surface area contributed by atoms with Crippen molar-refractivity contribution in [1.29, 1.82) is 0 Å². The summed E-state index contributed by atoms with van der Waals surface area (Å²) in [6, 6.07) is 0. The van der Waals surface area contributed by atoms with Gasteiger partial charge in [-0.3, -0.25) is 0 Å². The van der Waals surface area contributed by atoms with E-state index in [0.717, 1.165) is 19.0 Å². The van der Waals surface area contributed by atoms with Crippen molar-refractivity contribution < 1.29 is 2.85 Å². The summed E-state index contributed by atoms with van der Waals surface area (Å²) in [5.41, 5.74) is 2.90. The lowest BCUT2D eigenvalue weighted by molar-refractivity contribution is 0.494. The SMILES string of the molecule is C=C(CCC1CCCC1)C1=CC=CCC1CNCCC.[HH].[HH]. The van der Waals surface area contributed by atoms with Gasteiger partial charge in [0.25, 0.3) is 0 Å². The molecule has 0 heterocycles. The van der Waals surface area contributed by atoms with Crippen LogP contribution in [0, 0.1) is 11.8 Å². The van der Waals surface area contributed by atoms with Crippen LogP contribution in [0.15, 0.2) is 36.0 Å². The maximum absolute atomic E-state index is 4.39. The molecule has 1 saturated carbocycles. The Hall–Kier alpha value is -0.820. The molecule has 0 aromatic carbocycles. The number of allylic oxidation sites excluding steroid dienone is 4. The predicted octanol–water partition coefficient (Wildman–Crippen LogP) is 5.51. The van der Waals surface area contributed by atoms with Gasteiger partial charge >= 0.3 is 0 Å². The number of rotatable bonds is 8. The fourth-order valence-electron chi connectivity index (χ4n) is 3.55. The van der Waals surface area contributed by atoms with E-state index in [2.05, 4.69) is 37.0 Å². The Morgan fingerprint density at radius 3 is 2.95 bits per heavy atom. The van der Waals surface area contributed by atoms with Crippen LogP contribution in [0.1, 0.15) is 61.1 Å². The van der Waals surface area contributed by atoms with Crippen LogP contribution < -0.4 is 5.32 Å². The third kappa shape index (κ3) is 4.63. The largest absolute Gasteiger partial charge is 0.316 e. The van der Waals surface area contributed by atoms with Gasteiger partial charge in [0.15, 0.2) is 0 Å². The van der Waals surface area contributed by atoms with E-state index < -0.39 is 0 Å². The van der Waals surface area contributed by atoms with Crippen molar-refractivity contribution in [1.82, 2.24) is 5.32 Å². The zero-order valence-electron chi connectivity index (χ0n) is 13.2. The first kappa shape index (κ1) is 15.6. The van der Waals surface area contributed by atoms with Gasteiger partial charge in [-0.25, -0.2) is 0 Å². The standard InChI is InChI=1S/C19H31N.2H2/c1-3-14-20-15-18-10-6-7-11-19(18)16(2)12-13-17-8-4-5-9-17;;/h6-7,11,17-18,20H,2-5,8-10,12-15H2,1H3;2*1H. The van der Waals surface area contributed by atoms with Crippen molar-refractivity contribution in [2.24, 2.45) is 11.8 Å². The summed E-state index contributed by atoms with van der Waals surface area (Å²) in [5, 5.41) is 3.57. The van der Waals surface area contributed by atoms with E-state index in [4.69, 9.17) is 0 Å². The lowest BCUT2D eigenvalue weighted by Crippen LogP contribution is -2.26. The molecule has 20 heavy (non-hydrogen) atoms. The Morgan fingerprint density at radius 2 is 2.20 bits per heavy atom. The second kappa shape index (κ2) is 8.46. The highest BCUT2D eigenvalue weighted by Gasteiger charge is 2.19. The summed E-state index contributed by atoms with van der Waals surface area (Å²) in [6.45, 7) is 8.85. The quantitative estimate of drug-likeness (QED) is 0.577. The summed E-state index contributed by atoms with van der Waals surface area (Å²) >= 11 is 0. The highest BCUT2D eigenvalue weighted by molar-refractivity contribution is 5.36.